The maximum Gasteiger partial charge on any atom is 0.290 e. The Balaban J connectivity index is 1.95. The van der Waals surface area contributed by atoms with Crippen molar-refractivity contribution >= 4 is 11.8 Å². The zero-order valence-electron chi connectivity index (χ0n) is 12.2. The molecule has 110 valence electrons. The quantitative estimate of drug-likeness (QED) is 0.927. The third-order valence-corrected chi connectivity index (χ3v) is 2.91. The number of carbonyl (C=O) groups excluding carboxylic acids is 2. The normalized spacial score (nSPS) is 10.2. The van der Waals surface area contributed by atoms with Crippen LogP contribution in [0, 0.1) is 6.92 Å². The van der Waals surface area contributed by atoms with Crippen LogP contribution in [0.15, 0.2) is 34.9 Å². The summed E-state index contributed by atoms with van der Waals surface area (Å²) in [7, 11) is 3.41. The van der Waals surface area contributed by atoms with Crippen LogP contribution in [-0.2, 0) is 6.54 Å². The molecule has 0 aliphatic rings. The summed E-state index contributed by atoms with van der Waals surface area (Å²) in [5, 5.41) is 6.39. The molecule has 0 atom stereocenters. The number of rotatable bonds is 4. The Labute approximate surface area is 122 Å². The van der Waals surface area contributed by atoms with E-state index in [1.807, 2.05) is 12.1 Å². The van der Waals surface area contributed by atoms with Gasteiger partial charge in [-0.15, -0.1) is 0 Å². The molecular weight excluding hydrogens is 270 g/mol. The minimum atomic E-state index is -0.316. The highest BCUT2D eigenvalue weighted by Gasteiger charge is 2.11. The van der Waals surface area contributed by atoms with Gasteiger partial charge in [0.15, 0.2) is 0 Å². The zero-order valence-corrected chi connectivity index (χ0v) is 12.2. The van der Waals surface area contributed by atoms with Crippen LogP contribution in [0.5, 0.6) is 0 Å². The first kappa shape index (κ1) is 14.8. The van der Waals surface area contributed by atoms with Crippen molar-refractivity contribution in [3.8, 4) is 0 Å². The Hall–Kier alpha value is -2.63. The van der Waals surface area contributed by atoms with Crippen molar-refractivity contribution in [2.24, 2.45) is 0 Å². The summed E-state index contributed by atoms with van der Waals surface area (Å²) in [5.74, 6) is -0.182. The molecule has 0 unspecified atom stereocenters. The van der Waals surface area contributed by atoms with E-state index in [0.717, 1.165) is 5.56 Å². The fourth-order valence-electron chi connectivity index (χ4n) is 1.76. The molecule has 0 saturated heterocycles. The molecule has 0 bridgehead atoms. The molecule has 2 rings (SSSR count). The SMILES string of the molecule is Cc1cc(C(=O)NCc2ccc(C(=O)N(C)C)cc2)on1. The lowest BCUT2D eigenvalue weighted by Gasteiger charge is -2.10. The molecule has 2 amide bonds. The van der Waals surface area contributed by atoms with E-state index in [4.69, 9.17) is 4.52 Å². The molecule has 0 aliphatic heterocycles. The molecule has 0 saturated carbocycles. The molecule has 1 N–H and O–H groups in total. The standard InChI is InChI=1S/C15H17N3O3/c1-10-8-13(21-17-10)14(19)16-9-11-4-6-12(7-5-11)15(20)18(2)3/h4-8H,9H2,1-3H3,(H,16,19). The monoisotopic (exact) mass is 287 g/mol. The van der Waals surface area contributed by atoms with Crippen LogP contribution in [0.1, 0.15) is 32.2 Å². The molecule has 6 nitrogen and oxygen atoms in total. The molecule has 6 heteroatoms. The molecule has 1 aromatic carbocycles. The van der Waals surface area contributed by atoms with Gasteiger partial charge in [0.05, 0.1) is 5.69 Å². The van der Waals surface area contributed by atoms with Crippen molar-refractivity contribution in [2.75, 3.05) is 14.1 Å². The number of aromatic nitrogens is 1. The summed E-state index contributed by atoms with van der Waals surface area (Å²) in [6.07, 6.45) is 0. The maximum absolute atomic E-state index is 11.8. The summed E-state index contributed by atoms with van der Waals surface area (Å²) >= 11 is 0. The van der Waals surface area contributed by atoms with Gasteiger partial charge in [-0.3, -0.25) is 9.59 Å². The molecule has 0 spiro atoms. The van der Waals surface area contributed by atoms with Crippen molar-refractivity contribution in [3.05, 3.63) is 52.9 Å². The van der Waals surface area contributed by atoms with Crippen molar-refractivity contribution in [3.63, 3.8) is 0 Å². The van der Waals surface area contributed by atoms with Crippen LogP contribution in [0.4, 0.5) is 0 Å². The maximum atomic E-state index is 11.8. The highest BCUT2D eigenvalue weighted by atomic mass is 16.5. The Morgan fingerprint density at radius 3 is 2.43 bits per heavy atom. The van der Waals surface area contributed by atoms with Crippen LogP contribution >= 0.6 is 0 Å². The number of amides is 2. The van der Waals surface area contributed by atoms with E-state index in [9.17, 15) is 9.59 Å². The minimum absolute atomic E-state index is 0.0530. The summed E-state index contributed by atoms with van der Waals surface area (Å²) in [6, 6.07) is 8.67. The van der Waals surface area contributed by atoms with Crippen molar-refractivity contribution in [2.45, 2.75) is 13.5 Å². The van der Waals surface area contributed by atoms with Gasteiger partial charge < -0.3 is 14.7 Å². The second kappa shape index (κ2) is 6.21. The third kappa shape index (κ3) is 3.68. The Bertz CT molecular complexity index is 644. The van der Waals surface area contributed by atoms with E-state index in [1.54, 1.807) is 39.2 Å². The average Bonchev–Trinajstić information content (AvgIpc) is 2.91. The largest absolute Gasteiger partial charge is 0.351 e. The van der Waals surface area contributed by atoms with Crippen molar-refractivity contribution < 1.29 is 14.1 Å². The Kier molecular flexibility index (Phi) is 4.37. The lowest BCUT2D eigenvalue weighted by Crippen LogP contribution is -2.23. The number of nitrogens with one attached hydrogen (secondary N) is 1. The first-order chi connectivity index (χ1) is 9.97. The van der Waals surface area contributed by atoms with Crippen LogP contribution in [-0.4, -0.2) is 36.0 Å². The number of hydrogen-bond acceptors (Lipinski definition) is 4. The third-order valence-electron chi connectivity index (χ3n) is 2.91. The van der Waals surface area contributed by atoms with Gasteiger partial charge in [0, 0.05) is 32.3 Å². The van der Waals surface area contributed by atoms with Crippen molar-refractivity contribution in [1.82, 2.24) is 15.4 Å². The van der Waals surface area contributed by atoms with Gasteiger partial charge in [0.25, 0.3) is 11.8 Å². The molecular formula is C15H17N3O3. The van der Waals surface area contributed by atoms with Crippen LogP contribution in [0.2, 0.25) is 0 Å². The summed E-state index contributed by atoms with van der Waals surface area (Å²) < 4.78 is 4.88. The van der Waals surface area contributed by atoms with Gasteiger partial charge in [-0.25, -0.2) is 0 Å². The van der Waals surface area contributed by atoms with Crippen LogP contribution < -0.4 is 5.32 Å². The highest BCUT2D eigenvalue weighted by Crippen LogP contribution is 2.07. The number of benzene rings is 1. The average molecular weight is 287 g/mol. The smallest absolute Gasteiger partial charge is 0.290 e. The van der Waals surface area contributed by atoms with Gasteiger partial charge in [0.1, 0.15) is 0 Å². The predicted octanol–water partition coefficient (Wildman–Crippen LogP) is 1.61. The molecule has 21 heavy (non-hydrogen) atoms. The number of aryl methyl sites for hydroxylation is 1. The van der Waals surface area contributed by atoms with E-state index in [0.29, 0.717) is 17.8 Å². The molecule has 1 heterocycles. The topological polar surface area (TPSA) is 75.4 Å². The Morgan fingerprint density at radius 1 is 1.24 bits per heavy atom. The fourth-order valence-corrected chi connectivity index (χ4v) is 1.76. The molecule has 0 aliphatic carbocycles. The molecule has 1 aromatic heterocycles. The number of carbonyl (C=O) groups is 2. The van der Waals surface area contributed by atoms with E-state index >= 15 is 0 Å². The lowest BCUT2D eigenvalue weighted by molar-refractivity contribution is 0.0827. The molecule has 0 fully saturated rings. The van der Waals surface area contributed by atoms with E-state index < -0.39 is 0 Å². The second-order valence-corrected chi connectivity index (χ2v) is 4.91. The van der Waals surface area contributed by atoms with Crippen LogP contribution in [0.25, 0.3) is 0 Å². The first-order valence-corrected chi connectivity index (χ1v) is 6.49. The van der Waals surface area contributed by atoms with Gasteiger partial charge >= 0.3 is 0 Å². The second-order valence-electron chi connectivity index (χ2n) is 4.91. The van der Waals surface area contributed by atoms with E-state index in [1.165, 1.54) is 4.90 Å². The summed E-state index contributed by atoms with van der Waals surface area (Å²) in [6.45, 7) is 2.11. The van der Waals surface area contributed by atoms with Crippen LogP contribution in [0.3, 0.4) is 0 Å². The fraction of sp³-hybridized carbons (Fsp3) is 0.267. The minimum Gasteiger partial charge on any atom is -0.351 e. The predicted molar refractivity (Wildman–Crippen MR) is 76.9 cm³/mol. The van der Waals surface area contributed by atoms with Gasteiger partial charge in [0.2, 0.25) is 5.76 Å². The van der Waals surface area contributed by atoms with Gasteiger partial charge in [-0.1, -0.05) is 17.3 Å². The first-order valence-electron chi connectivity index (χ1n) is 6.49. The van der Waals surface area contributed by atoms with Gasteiger partial charge in [-0.05, 0) is 24.6 Å². The van der Waals surface area contributed by atoms with E-state index in [2.05, 4.69) is 10.5 Å². The van der Waals surface area contributed by atoms with Gasteiger partial charge in [-0.2, -0.15) is 0 Å². The van der Waals surface area contributed by atoms with E-state index in [-0.39, 0.29) is 17.6 Å². The number of hydrogen-bond donors (Lipinski definition) is 1. The highest BCUT2D eigenvalue weighted by molar-refractivity contribution is 5.94. The Morgan fingerprint density at radius 2 is 1.90 bits per heavy atom. The lowest BCUT2D eigenvalue weighted by atomic mass is 10.1. The van der Waals surface area contributed by atoms with Crippen molar-refractivity contribution in [1.29, 1.82) is 0 Å². The molecule has 2 aromatic rings. The number of nitrogens with zero attached hydrogens (tertiary/aromatic N) is 2. The summed E-state index contributed by atoms with van der Waals surface area (Å²) in [4.78, 5) is 25.1. The summed E-state index contributed by atoms with van der Waals surface area (Å²) in [5.41, 5.74) is 2.17. The zero-order chi connectivity index (χ0) is 15.4. The molecule has 0 radical (unpaired) electrons.